The van der Waals surface area contributed by atoms with E-state index in [1.54, 1.807) is 0 Å². The van der Waals surface area contributed by atoms with Crippen LogP contribution in [0.5, 0.6) is 0 Å². The molecule has 1 fully saturated rings. The molecule has 1 aliphatic carbocycles. The lowest BCUT2D eigenvalue weighted by atomic mass is 9.96. The molecular weight excluding hydrogens is 250 g/mol. The van der Waals surface area contributed by atoms with Crippen molar-refractivity contribution in [3.8, 4) is 0 Å². The monoisotopic (exact) mass is 277 g/mol. The third-order valence-corrected chi connectivity index (χ3v) is 5.39. The van der Waals surface area contributed by atoms with Gasteiger partial charge in [-0.25, -0.2) is 0 Å². The molecule has 2 unspecified atom stereocenters. The van der Waals surface area contributed by atoms with Gasteiger partial charge in [0.25, 0.3) is 0 Å². The summed E-state index contributed by atoms with van der Waals surface area (Å²) in [5.41, 5.74) is 1.35. The van der Waals surface area contributed by atoms with Crippen molar-refractivity contribution in [3.63, 3.8) is 0 Å². The molecule has 1 aliphatic rings. The van der Waals surface area contributed by atoms with Crippen LogP contribution in [0, 0.1) is 6.92 Å². The van der Waals surface area contributed by atoms with Gasteiger partial charge in [0.15, 0.2) is 0 Å². The molecule has 0 aromatic heterocycles. The van der Waals surface area contributed by atoms with Crippen molar-refractivity contribution >= 4 is 11.8 Å². The van der Waals surface area contributed by atoms with Crippen LogP contribution in [0.4, 0.5) is 0 Å². The van der Waals surface area contributed by atoms with Gasteiger partial charge in [-0.1, -0.05) is 50.3 Å². The summed E-state index contributed by atoms with van der Waals surface area (Å²) in [6.07, 6.45) is 8.33. The molecule has 1 saturated carbocycles. The minimum atomic E-state index is 0.691. The van der Waals surface area contributed by atoms with E-state index >= 15 is 0 Å². The van der Waals surface area contributed by atoms with Crippen LogP contribution in [0.25, 0.3) is 0 Å². The van der Waals surface area contributed by atoms with Crippen molar-refractivity contribution in [1.82, 2.24) is 5.32 Å². The first-order valence-electron chi connectivity index (χ1n) is 7.76. The van der Waals surface area contributed by atoms with E-state index in [1.165, 1.54) is 49.0 Å². The van der Waals surface area contributed by atoms with Gasteiger partial charge in [-0.15, -0.1) is 11.8 Å². The molecule has 1 aromatic carbocycles. The fourth-order valence-corrected chi connectivity index (χ4v) is 4.20. The maximum atomic E-state index is 3.71. The highest BCUT2D eigenvalue weighted by molar-refractivity contribution is 8.00. The number of hydrogen-bond donors (Lipinski definition) is 1. The van der Waals surface area contributed by atoms with Gasteiger partial charge in [0.2, 0.25) is 0 Å². The van der Waals surface area contributed by atoms with Crippen LogP contribution in [0.3, 0.4) is 0 Å². The molecule has 0 spiro atoms. The Morgan fingerprint density at radius 1 is 1.05 bits per heavy atom. The Hall–Kier alpha value is -0.470. The minimum Gasteiger partial charge on any atom is -0.313 e. The van der Waals surface area contributed by atoms with Crippen LogP contribution < -0.4 is 5.32 Å². The summed E-state index contributed by atoms with van der Waals surface area (Å²) in [7, 11) is 0. The second-order valence-electron chi connectivity index (χ2n) is 5.63. The van der Waals surface area contributed by atoms with E-state index in [1.807, 2.05) is 0 Å². The van der Waals surface area contributed by atoms with Crippen molar-refractivity contribution in [2.75, 3.05) is 6.54 Å². The Bertz CT molecular complexity index is 360. The molecule has 0 amide bonds. The summed E-state index contributed by atoms with van der Waals surface area (Å²) in [4.78, 5) is 1.43. The van der Waals surface area contributed by atoms with Crippen LogP contribution in [0.2, 0.25) is 0 Å². The smallest absolute Gasteiger partial charge is 0.0248 e. The van der Waals surface area contributed by atoms with Gasteiger partial charge in [-0.3, -0.25) is 0 Å². The largest absolute Gasteiger partial charge is 0.313 e. The zero-order valence-corrected chi connectivity index (χ0v) is 13.1. The molecule has 1 aromatic rings. The first-order chi connectivity index (χ1) is 9.29. The van der Waals surface area contributed by atoms with Gasteiger partial charge < -0.3 is 5.32 Å². The van der Waals surface area contributed by atoms with Gasteiger partial charge in [-0.05, 0) is 38.4 Å². The molecule has 2 heteroatoms. The topological polar surface area (TPSA) is 12.0 Å². The Balaban J connectivity index is 2.01. The van der Waals surface area contributed by atoms with E-state index < -0.39 is 0 Å². The molecule has 2 atom stereocenters. The fourth-order valence-electron chi connectivity index (χ4n) is 2.88. The van der Waals surface area contributed by atoms with Crippen molar-refractivity contribution in [1.29, 1.82) is 0 Å². The second kappa shape index (κ2) is 7.96. The summed E-state index contributed by atoms with van der Waals surface area (Å²) >= 11 is 2.08. The number of rotatable bonds is 4. The average molecular weight is 277 g/mol. The lowest BCUT2D eigenvalue weighted by molar-refractivity contribution is 0.406. The third-order valence-electron chi connectivity index (χ3n) is 3.98. The zero-order valence-electron chi connectivity index (χ0n) is 12.3. The summed E-state index contributed by atoms with van der Waals surface area (Å²) in [6, 6.07) is 9.71. The van der Waals surface area contributed by atoms with E-state index in [9.17, 15) is 0 Å². The first kappa shape index (κ1) is 14.9. The van der Waals surface area contributed by atoms with E-state index in [2.05, 4.69) is 55.2 Å². The second-order valence-corrected chi connectivity index (χ2v) is 6.94. The van der Waals surface area contributed by atoms with Crippen LogP contribution in [0.1, 0.15) is 51.0 Å². The highest BCUT2D eigenvalue weighted by Crippen LogP contribution is 2.32. The summed E-state index contributed by atoms with van der Waals surface area (Å²) in [6.45, 7) is 5.48. The first-order valence-corrected chi connectivity index (χ1v) is 8.64. The lowest BCUT2D eigenvalue weighted by Crippen LogP contribution is -2.38. The number of hydrogen-bond acceptors (Lipinski definition) is 2. The van der Waals surface area contributed by atoms with Crippen molar-refractivity contribution in [2.24, 2.45) is 0 Å². The molecule has 0 radical (unpaired) electrons. The molecule has 0 heterocycles. The molecule has 1 N–H and O–H groups in total. The van der Waals surface area contributed by atoms with Gasteiger partial charge in [0, 0.05) is 16.2 Å². The summed E-state index contributed by atoms with van der Waals surface area (Å²) < 4.78 is 0. The zero-order chi connectivity index (χ0) is 13.5. The molecule has 1 nitrogen and oxygen atoms in total. The summed E-state index contributed by atoms with van der Waals surface area (Å²) in [5, 5.41) is 4.45. The Labute approximate surface area is 122 Å². The third kappa shape index (κ3) is 4.85. The van der Waals surface area contributed by atoms with E-state index in [4.69, 9.17) is 0 Å². The van der Waals surface area contributed by atoms with Crippen LogP contribution >= 0.6 is 11.8 Å². The maximum Gasteiger partial charge on any atom is 0.0248 e. The molecule has 2 rings (SSSR count). The average Bonchev–Trinajstić information content (AvgIpc) is 2.39. The van der Waals surface area contributed by atoms with Gasteiger partial charge in [-0.2, -0.15) is 0 Å². The molecule has 19 heavy (non-hydrogen) atoms. The molecule has 0 saturated heterocycles. The van der Waals surface area contributed by atoms with Gasteiger partial charge >= 0.3 is 0 Å². The molecular formula is C17H27NS. The van der Waals surface area contributed by atoms with E-state index in [0.717, 1.165) is 11.8 Å². The molecule has 0 bridgehead atoms. The molecule has 0 aliphatic heterocycles. The predicted octanol–water partition coefficient (Wildman–Crippen LogP) is 4.79. The Kier molecular flexibility index (Phi) is 6.25. The quantitative estimate of drug-likeness (QED) is 0.849. The number of aryl methyl sites for hydroxylation is 1. The van der Waals surface area contributed by atoms with Gasteiger partial charge in [0.1, 0.15) is 0 Å². The van der Waals surface area contributed by atoms with Crippen LogP contribution in [-0.4, -0.2) is 17.8 Å². The maximum absolute atomic E-state index is 3.71. The number of thioether (sulfide) groups is 1. The minimum absolute atomic E-state index is 0.691. The van der Waals surface area contributed by atoms with E-state index in [-0.39, 0.29) is 0 Å². The van der Waals surface area contributed by atoms with Crippen LogP contribution in [0.15, 0.2) is 29.2 Å². The van der Waals surface area contributed by atoms with Gasteiger partial charge in [0.05, 0.1) is 0 Å². The van der Waals surface area contributed by atoms with Crippen molar-refractivity contribution < 1.29 is 0 Å². The number of nitrogens with one attached hydrogen (secondary N) is 1. The fraction of sp³-hybridized carbons (Fsp3) is 0.647. The van der Waals surface area contributed by atoms with Crippen molar-refractivity contribution in [2.45, 2.75) is 68.6 Å². The summed E-state index contributed by atoms with van der Waals surface area (Å²) in [5.74, 6) is 0. The Morgan fingerprint density at radius 2 is 1.74 bits per heavy atom. The SMILES string of the molecule is CCNC1CCCCCCC1Sc1ccc(C)cc1. The Morgan fingerprint density at radius 3 is 2.42 bits per heavy atom. The highest BCUT2D eigenvalue weighted by atomic mass is 32.2. The predicted molar refractivity (Wildman–Crippen MR) is 86.0 cm³/mol. The van der Waals surface area contributed by atoms with E-state index in [0.29, 0.717) is 6.04 Å². The number of benzene rings is 1. The normalized spacial score (nSPS) is 24.7. The molecule has 106 valence electrons. The highest BCUT2D eigenvalue weighted by Gasteiger charge is 2.22. The van der Waals surface area contributed by atoms with Crippen LogP contribution in [-0.2, 0) is 0 Å². The lowest BCUT2D eigenvalue weighted by Gasteiger charge is -2.29. The van der Waals surface area contributed by atoms with Crippen molar-refractivity contribution in [3.05, 3.63) is 29.8 Å². The standard InChI is InChI=1S/C17H27NS/c1-3-18-16-8-6-4-5-7-9-17(16)19-15-12-10-14(2)11-13-15/h10-13,16-18H,3-9H2,1-2H3.